The maximum absolute atomic E-state index is 14.1. The predicted molar refractivity (Wildman–Crippen MR) is 305 cm³/mol. The third-order valence-corrected chi connectivity index (χ3v) is 14.2. The number of benzene rings is 3. The molecule has 83 heavy (non-hydrogen) atoms. The van der Waals surface area contributed by atoms with E-state index in [9.17, 15) is 39.0 Å². The number of carbonyl (C=O) groups is 6. The number of unbranched alkanes of at least 4 members (excludes halogenated alkanes) is 23. The second-order valence-electron chi connectivity index (χ2n) is 21.0. The normalized spacial score (nSPS) is 17.3. The fourth-order valence-corrected chi connectivity index (χ4v) is 9.74. The fourth-order valence-electron chi connectivity index (χ4n) is 9.74. The first-order valence-electron chi connectivity index (χ1n) is 30.1. The molecule has 3 aromatic rings. The molecule has 7 atom stereocenters. The number of nitrogens with one attached hydrogen (secondary N) is 1. The van der Waals surface area contributed by atoms with Crippen molar-refractivity contribution < 1.29 is 131 Å². The number of carboxylic acids is 2. The number of hydrogen-bond donors (Lipinski definition) is 1. The summed E-state index contributed by atoms with van der Waals surface area (Å²) in [5, 5.41) is 26.5. The van der Waals surface area contributed by atoms with Gasteiger partial charge in [0, 0.05) is 6.42 Å². The van der Waals surface area contributed by atoms with Crippen LogP contribution in [-0.4, -0.2) is 105 Å². The zero-order valence-electron chi connectivity index (χ0n) is 50.2. The number of ether oxygens (including phenoxy) is 7. The number of rotatable bonds is 45. The van der Waals surface area contributed by atoms with Crippen LogP contribution in [0.3, 0.4) is 0 Å². The van der Waals surface area contributed by atoms with Crippen LogP contribution < -0.4 is 74.6 Å². The van der Waals surface area contributed by atoms with E-state index < -0.39 is 99.1 Å². The van der Waals surface area contributed by atoms with Gasteiger partial charge < -0.3 is 58.3 Å². The third kappa shape index (κ3) is 32.4. The van der Waals surface area contributed by atoms with Gasteiger partial charge in [-0.3, -0.25) is 4.79 Å². The van der Waals surface area contributed by atoms with E-state index in [1.165, 1.54) is 121 Å². The first kappa shape index (κ1) is 75.2. The molecule has 1 amide bonds. The molecular weight excluding hydrogens is 1080 g/mol. The molecule has 0 spiro atoms. The Morgan fingerprint density at radius 1 is 0.518 bits per heavy atom. The first-order chi connectivity index (χ1) is 39.5. The molecule has 1 saturated heterocycles. The Morgan fingerprint density at radius 2 is 0.940 bits per heavy atom. The number of allylic oxidation sites excluding steroid dienone is 1. The van der Waals surface area contributed by atoms with Crippen LogP contribution in [0.2, 0.25) is 0 Å². The van der Waals surface area contributed by atoms with Gasteiger partial charge >= 0.3 is 77.0 Å². The summed E-state index contributed by atoms with van der Waals surface area (Å²) in [4.78, 5) is 79.5. The van der Waals surface area contributed by atoms with E-state index in [4.69, 9.17) is 33.2 Å². The quantitative estimate of drug-likeness (QED) is 0.0270. The van der Waals surface area contributed by atoms with Crippen LogP contribution in [0.25, 0.3) is 0 Å². The van der Waals surface area contributed by atoms with Crippen molar-refractivity contribution in [2.45, 2.75) is 224 Å². The van der Waals surface area contributed by atoms with Gasteiger partial charge in [-0.1, -0.05) is 216 Å². The Balaban J connectivity index is 0.0000118. The van der Waals surface area contributed by atoms with Gasteiger partial charge in [0.25, 0.3) is 0 Å². The number of aliphatic carboxylic acids is 2. The van der Waals surface area contributed by atoms with Crippen molar-refractivity contribution in [3.05, 3.63) is 120 Å². The van der Waals surface area contributed by atoms with Crippen LogP contribution in [-0.2, 0) is 47.5 Å². The van der Waals surface area contributed by atoms with Gasteiger partial charge in [-0.2, -0.15) is 0 Å². The minimum Gasteiger partial charge on any atom is -0.548 e. The molecule has 1 heterocycles. The molecule has 0 aliphatic carbocycles. The second kappa shape index (κ2) is 47.2. The van der Waals surface area contributed by atoms with Crippen LogP contribution in [0.1, 0.15) is 212 Å². The van der Waals surface area contributed by atoms with Crippen molar-refractivity contribution >= 4 is 35.8 Å². The Hall–Kier alpha value is -3.94. The van der Waals surface area contributed by atoms with E-state index in [2.05, 4.69) is 19.2 Å². The number of carboxylic acid groups (broad SMARTS) is 2. The molecule has 3 aromatic carbocycles. The molecule has 448 valence electrons. The summed E-state index contributed by atoms with van der Waals surface area (Å²) in [7, 11) is 0. The average Bonchev–Trinajstić information content (AvgIpc) is 3.58. The van der Waals surface area contributed by atoms with Gasteiger partial charge in [0.2, 0.25) is 5.91 Å². The van der Waals surface area contributed by atoms with E-state index in [1.807, 2.05) is 6.08 Å². The van der Waals surface area contributed by atoms with E-state index in [0.717, 1.165) is 51.4 Å². The average molecular weight is 1170 g/mol. The summed E-state index contributed by atoms with van der Waals surface area (Å²) in [5.41, 5.74) is 0.435. The van der Waals surface area contributed by atoms with Crippen molar-refractivity contribution in [3.8, 4) is 0 Å². The van der Waals surface area contributed by atoms with E-state index in [-0.39, 0.29) is 88.1 Å². The fraction of sp³-hybridized carbons (Fsp3) is 0.600. The summed E-state index contributed by atoms with van der Waals surface area (Å²) in [6, 6.07) is 23.1. The molecule has 0 radical (unpaired) electrons. The Bertz CT molecular complexity index is 2240. The summed E-state index contributed by atoms with van der Waals surface area (Å²) >= 11 is 0. The zero-order chi connectivity index (χ0) is 58.1. The molecule has 1 aliphatic heterocycles. The molecular formula is C65H91NNa2O15. The van der Waals surface area contributed by atoms with Crippen molar-refractivity contribution in [1.82, 2.24) is 5.32 Å². The monoisotopic (exact) mass is 1170 g/mol. The van der Waals surface area contributed by atoms with Gasteiger partial charge in [-0.05, 0) is 61.7 Å². The number of carbonyl (C=O) groups excluding carboxylic acids is 6. The standard InChI is InChI=1S/C65H93NO15.2Na/c1-3-5-7-9-11-13-15-17-19-21-23-25-36-44-54(78-62(72)50-38-30-27-31-39-50)53(66-56(67)45-37-26-24-22-20-18-16-14-12-10-8-6-4-2)46-77-65-61(81-64(74)52-42-34-29-35-43-52)60(80-63(73)51-40-32-28-33-41-51)59(76-49-58(70)71)55(79-65)47-75-48-57(68)69;;/h27-36,38-44,53-55,59-61,65H,3-26,37,45-49H2,1-2H3,(H,66,67)(H,68,69)(H,70,71);;/q;2*+1/p-2/b44-36+;;/t53-,54+,55+,59-,60-,61+,65-;;/m0../s1. The van der Waals surface area contributed by atoms with Crippen LogP contribution in [0.4, 0.5) is 0 Å². The van der Waals surface area contributed by atoms with Gasteiger partial charge in [0.15, 0.2) is 18.5 Å². The van der Waals surface area contributed by atoms with Crippen LogP contribution in [0, 0.1) is 0 Å². The maximum atomic E-state index is 14.1. The molecule has 4 rings (SSSR count). The number of esters is 3. The van der Waals surface area contributed by atoms with Gasteiger partial charge in [0.1, 0.15) is 18.3 Å². The van der Waals surface area contributed by atoms with E-state index >= 15 is 0 Å². The van der Waals surface area contributed by atoms with E-state index in [0.29, 0.717) is 12.8 Å². The minimum absolute atomic E-state index is 0. The molecule has 18 heteroatoms. The topological polar surface area (TPSA) is 225 Å². The van der Waals surface area contributed by atoms with Crippen molar-refractivity contribution in [2.24, 2.45) is 0 Å². The Morgan fingerprint density at radius 3 is 1.40 bits per heavy atom. The largest absolute Gasteiger partial charge is 1.00 e. The van der Waals surface area contributed by atoms with E-state index in [1.54, 1.807) is 72.8 Å². The smallest absolute Gasteiger partial charge is 0.548 e. The van der Waals surface area contributed by atoms with Gasteiger partial charge in [-0.15, -0.1) is 0 Å². The predicted octanol–water partition coefficient (Wildman–Crippen LogP) is 4.54. The Kier molecular flexibility index (Phi) is 42.8. The molecule has 0 unspecified atom stereocenters. The molecule has 0 bridgehead atoms. The molecule has 0 aromatic heterocycles. The Labute approximate surface area is 538 Å². The zero-order valence-corrected chi connectivity index (χ0v) is 54.2. The van der Waals surface area contributed by atoms with Crippen LogP contribution in [0.5, 0.6) is 0 Å². The van der Waals surface area contributed by atoms with Crippen LogP contribution in [0.15, 0.2) is 103 Å². The first-order valence-corrected chi connectivity index (χ1v) is 30.1. The summed E-state index contributed by atoms with van der Waals surface area (Å²) in [6.07, 6.45) is 22.9. The van der Waals surface area contributed by atoms with Crippen molar-refractivity contribution in [1.29, 1.82) is 0 Å². The van der Waals surface area contributed by atoms with Crippen molar-refractivity contribution in [3.63, 3.8) is 0 Å². The summed E-state index contributed by atoms with van der Waals surface area (Å²) in [6.45, 7) is 1.43. The third-order valence-electron chi connectivity index (χ3n) is 14.2. The number of hydrogen-bond acceptors (Lipinski definition) is 15. The SMILES string of the molecule is CCCCCCCCCCCCC/C=C/[C@@H](OC(=O)c1ccccc1)[C@H](CO[C@H]1O[C@H](COCC(=O)[O-])[C@H](OCC(=O)[O-])[C@H](OC(=O)c2ccccc2)[C@H]1OC(=O)c1ccccc1)NC(=O)CCCCCCCCCCCCCCC.[Na+].[Na+]. The van der Waals surface area contributed by atoms with Crippen LogP contribution >= 0.6 is 0 Å². The summed E-state index contributed by atoms with van der Waals surface area (Å²) < 4.78 is 42.5. The molecule has 1 fully saturated rings. The maximum Gasteiger partial charge on any atom is 1.00 e. The number of amides is 1. The second-order valence-corrected chi connectivity index (χ2v) is 21.0. The summed E-state index contributed by atoms with van der Waals surface area (Å²) in [5.74, 6) is -6.05. The van der Waals surface area contributed by atoms with Gasteiger partial charge in [0.05, 0.1) is 61.1 Å². The molecule has 16 nitrogen and oxygen atoms in total. The molecule has 1 aliphatic rings. The molecule has 0 saturated carbocycles. The van der Waals surface area contributed by atoms with Crippen molar-refractivity contribution in [2.75, 3.05) is 26.4 Å². The molecule has 1 N–H and O–H groups in total. The minimum atomic E-state index is -1.72. The van der Waals surface area contributed by atoms with Gasteiger partial charge in [-0.25, -0.2) is 14.4 Å².